The minimum absolute atomic E-state index is 0.141. The summed E-state index contributed by atoms with van der Waals surface area (Å²) >= 11 is 0. The van der Waals surface area contributed by atoms with E-state index in [-0.39, 0.29) is 18.4 Å². The fraction of sp³-hybridized carbons (Fsp3) is 0.423. The van der Waals surface area contributed by atoms with Crippen molar-refractivity contribution in [1.29, 1.82) is 0 Å². The molecule has 0 aliphatic carbocycles. The predicted molar refractivity (Wildman–Crippen MR) is 121 cm³/mol. The normalized spacial score (nSPS) is 19.8. The molecule has 4 rings (SSSR count). The van der Waals surface area contributed by atoms with Crippen LogP contribution in [0.3, 0.4) is 0 Å². The van der Waals surface area contributed by atoms with Gasteiger partial charge in [0.1, 0.15) is 24.3 Å². The number of aliphatic hydroxyl groups excluding tert-OH is 1. The van der Waals surface area contributed by atoms with Crippen molar-refractivity contribution in [2.24, 2.45) is 0 Å². The van der Waals surface area contributed by atoms with Crippen LogP contribution in [0, 0.1) is 12.7 Å². The third kappa shape index (κ3) is 5.56. The molecule has 1 atom stereocenters. The molecule has 6 heteroatoms. The Bertz CT molecular complexity index is 982. The van der Waals surface area contributed by atoms with E-state index in [9.17, 15) is 14.3 Å². The van der Waals surface area contributed by atoms with Crippen LogP contribution >= 0.6 is 0 Å². The van der Waals surface area contributed by atoms with Crippen LogP contribution in [0.5, 0.6) is 5.75 Å². The van der Waals surface area contributed by atoms with E-state index in [1.807, 2.05) is 36.4 Å². The molecule has 0 amide bonds. The highest BCUT2D eigenvalue weighted by Gasteiger charge is 2.23. The quantitative estimate of drug-likeness (QED) is 0.520. The van der Waals surface area contributed by atoms with E-state index in [2.05, 4.69) is 4.90 Å². The van der Waals surface area contributed by atoms with Crippen molar-refractivity contribution in [3.05, 3.63) is 70.5 Å². The SMILES string of the molecule is Cc1ccc(C2CCN(C[C@H](O)COc3ccccc3/C=C3\CCOC3=O)CC2)cc1F. The van der Waals surface area contributed by atoms with E-state index in [1.165, 1.54) is 0 Å². The molecule has 2 aromatic rings. The number of halogens is 1. The number of benzene rings is 2. The monoisotopic (exact) mass is 439 g/mol. The zero-order chi connectivity index (χ0) is 22.5. The highest BCUT2D eigenvalue weighted by atomic mass is 19.1. The molecule has 0 bridgehead atoms. The Morgan fingerprint density at radius 2 is 2.03 bits per heavy atom. The number of nitrogens with zero attached hydrogens (tertiary/aromatic N) is 1. The molecule has 2 aliphatic heterocycles. The molecular weight excluding hydrogens is 409 g/mol. The first kappa shape index (κ1) is 22.5. The Labute approximate surface area is 188 Å². The molecule has 2 heterocycles. The number of aliphatic hydroxyl groups is 1. The highest BCUT2D eigenvalue weighted by molar-refractivity contribution is 5.95. The van der Waals surface area contributed by atoms with Gasteiger partial charge < -0.3 is 19.5 Å². The third-order valence-electron chi connectivity index (χ3n) is 6.27. The van der Waals surface area contributed by atoms with E-state index in [1.54, 1.807) is 19.1 Å². The van der Waals surface area contributed by atoms with Crippen molar-refractivity contribution in [1.82, 2.24) is 4.90 Å². The number of hydrogen-bond donors (Lipinski definition) is 1. The number of aryl methyl sites for hydroxylation is 1. The molecule has 32 heavy (non-hydrogen) atoms. The molecule has 0 aromatic heterocycles. The Balaban J connectivity index is 1.27. The third-order valence-corrected chi connectivity index (χ3v) is 6.27. The molecule has 1 N–H and O–H groups in total. The second-order valence-electron chi connectivity index (χ2n) is 8.64. The lowest BCUT2D eigenvalue weighted by molar-refractivity contribution is -0.134. The van der Waals surface area contributed by atoms with Gasteiger partial charge in [-0.15, -0.1) is 0 Å². The number of likely N-dealkylation sites (tertiary alicyclic amines) is 1. The number of ether oxygens (including phenoxy) is 2. The zero-order valence-electron chi connectivity index (χ0n) is 18.4. The van der Waals surface area contributed by atoms with Gasteiger partial charge in [-0.25, -0.2) is 9.18 Å². The van der Waals surface area contributed by atoms with Crippen molar-refractivity contribution < 1.29 is 23.8 Å². The number of β-amino-alcohol motifs (C(OH)–C–C–N with tert-alkyl or cyclic N) is 1. The molecule has 170 valence electrons. The summed E-state index contributed by atoms with van der Waals surface area (Å²) < 4.78 is 24.8. The maximum atomic E-state index is 13.9. The fourth-order valence-electron chi connectivity index (χ4n) is 4.35. The van der Waals surface area contributed by atoms with Gasteiger partial charge in [0.2, 0.25) is 0 Å². The number of carbonyl (C=O) groups is 1. The second-order valence-corrected chi connectivity index (χ2v) is 8.64. The molecule has 0 unspecified atom stereocenters. The minimum atomic E-state index is -0.625. The summed E-state index contributed by atoms with van der Waals surface area (Å²) in [6.45, 7) is 4.63. The molecule has 0 saturated carbocycles. The molecule has 5 nitrogen and oxygen atoms in total. The summed E-state index contributed by atoms with van der Waals surface area (Å²) in [4.78, 5) is 14.0. The lowest BCUT2D eigenvalue weighted by atomic mass is 9.89. The van der Waals surface area contributed by atoms with Gasteiger partial charge in [0.25, 0.3) is 0 Å². The van der Waals surface area contributed by atoms with Gasteiger partial charge in [-0.05, 0) is 68.1 Å². The van der Waals surface area contributed by atoms with Crippen LogP contribution in [0.25, 0.3) is 6.08 Å². The van der Waals surface area contributed by atoms with Gasteiger partial charge in [0.05, 0.1) is 6.61 Å². The van der Waals surface area contributed by atoms with Crippen molar-refractivity contribution in [3.63, 3.8) is 0 Å². The van der Waals surface area contributed by atoms with Crippen LogP contribution in [0.15, 0.2) is 48.0 Å². The summed E-state index contributed by atoms with van der Waals surface area (Å²) in [5, 5.41) is 10.5. The number of esters is 1. The summed E-state index contributed by atoms with van der Waals surface area (Å²) in [6, 6.07) is 13.0. The average molecular weight is 440 g/mol. The molecule has 2 fully saturated rings. The number of rotatable bonds is 7. The maximum absolute atomic E-state index is 13.9. The van der Waals surface area contributed by atoms with Crippen LogP contribution in [0.2, 0.25) is 0 Å². The largest absolute Gasteiger partial charge is 0.490 e. The smallest absolute Gasteiger partial charge is 0.334 e. The number of hydrogen-bond acceptors (Lipinski definition) is 5. The summed E-state index contributed by atoms with van der Waals surface area (Å²) in [5.74, 6) is 0.575. The van der Waals surface area contributed by atoms with Crippen molar-refractivity contribution in [2.45, 2.75) is 38.2 Å². The molecule has 0 radical (unpaired) electrons. The number of cyclic esters (lactones) is 1. The van der Waals surface area contributed by atoms with Crippen molar-refractivity contribution >= 4 is 12.0 Å². The highest BCUT2D eigenvalue weighted by Crippen LogP contribution is 2.29. The topological polar surface area (TPSA) is 59.0 Å². The van der Waals surface area contributed by atoms with Crippen LogP contribution in [-0.2, 0) is 9.53 Å². The summed E-state index contributed by atoms with van der Waals surface area (Å²) in [5.41, 5.74) is 3.18. The average Bonchev–Trinajstić information content (AvgIpc) is 3.20. The van der Waals surface area contributed by atoms with Crippen molar-refractivity contribution in [3.8, 4) is 5.75 Å². The van der Waals surface area contributed by atoms with Crippen molar-refractivity contribution in [2.75, 3.05) is 32.8 Å². The predicted octanol–water partition coefficient (Wildman–Crippen LogP) is 4.08. The molecule has 2 aliphatic rings. The molecule has 2 aromatic carbocycles. The molecular formula is C26H30FNO4. The second kappa shape index (κ2) is 10.3. The van der Waals surface area contributed by atoms with Crippen LogP contribution in [0.4, 0.5) is 4.39 Å². The van der Waals surface area contributed by atoms with E-state index < -0.39 is 6.10 Å². The van der Waals surface area contributed by atoms with Crippen LogP contribution in [0.1, 0.15) is 41.9 Å². The first-order chi connectivity index (χ1) is 15.5. The van der Waals surface area contributed by atoms with E-state index in [4.69, 9.17) is 9.47 Å². The van der Waals surface area contributed by atoms with Gasteiger partial charge in [0, 0.05) is 24.1 Å². The van der Waals surface area contributed by atoms with Gasteiger partial charge in [-0.3, -0.25) is 0 Å². The maximum Gasteiger partial charge on any atom is 0.334 e. The van der Waals surface area contributed by atoms with Crippen LogP contribution < -0.4 is 4.74 Å². The zero-order valence-corrected chi connectivity index (χ0v) is 18.4. The summed E-state index contributed by atoms with van der Waals surface area (Å²) in [6.07, 6.45) is 3.67. The molecule has 0 spiro atoms. The number of carbonyl (C=O) groups excluding carboxylic acids is 1. The Hall–Kier alpha value is -2.70. The van der Waals surface area contributed by atoms with Crippen LogP contribution in [-0.4, -0.2) is 54.9 Å². The Morgan fingerprint density at radius 1 is 1.25 bits per heavy atom. The first-order valence-electron chi connectivity index (χ1n) is 11.3. The van der Waals surface area contributed by atoms with Gasteiger partial charge in [-0.1, -0.05) is 30.3 Å². The van der Waals surface area contributed by atoms with E-state index >= 15 is 0 Å². The standard InChI is InChI=1S/C26H30FNO4/c1-18-6-7-20(15-24(18)27)19-8-11-28(12-9-19)16-23(29)17-32-25-5-3-2-4-21(25)14-22-10-13-31-26(22)30/h2-7,14-15,19,23,29H,8-13,16-17H2,1H3/b22-14+/t23-/m0/s1. The van der Waals surface area contributed by atoms with Gasteiger partial charge >= 0.3 is 5.97 Å². The Kier molecular flexibility index (Phi) is 7.22. The lowest BCUT2D eigenvalue weighted by Gasteiger charge is -2.33. The lowest BCUT2D eigenvalue weighted by Crippen LogP contribution is -2.40. The summed E-state index contributed by atoms with van der Waals surface area (Å²) in [7, 11) is 0. The Morgan fingerprint density at radius 3 is 2.75 bits per heavy atom. The first-order valence-corrected chi connectivity index (χ1v) is 11.3. The molecule has 2 saturated heterocycles. The van der Waals surface area contributed by atoms with E-state index in [0.29, 0.717) is 42.4 Å². The van der Waals surface area contributed by atoms with Gasteiger partial charge in [-0.2, -0.15) is 0 Å². The fourth-order valence-corrected chi connectivity index (χ4v) is 4.35. The minimum Gasteiger partial charge on any atom is -0.490 e. The van der Waals surface area contributed by atoms with Gasteiger partial charge in [0.15, 0.2) is 0 Å². The number of para-hydroxylation sites is 1. The van der Waals surface area contributed by atoms with E-state index in [0.717, 1.165) is 37.1 Å². The number of piperidine rings is 1.